The first-order valence-corrected chi connectivity index (χ1v) is 11.8. The third-order valence-electron chi connectivity index (χ3n) is 6.90. The van der Waals surface area contributed by atoms with E-state index in [9.17, 15) is 9.59 Å². The Morgan fingerprint density at radius 3 is 2.55 bits per heavy atom. The maximum Gasteiger partial charge on any atom is 0.245 e. The average Bonchev–Trinajstić information content (AvgIpc) is 2.72. The van der Waals surface area contributed by atoms with Crippen LogP contribution in [0.15, 0.2) is 40.4 Å². The van der Waals surface area contributed by atoms with E-state index in [1.165, 1.54) is 0 Å². The summed E-state index contributed by atoms with van der Waals surface area (Å²) in [6.45, 7) is 12.3. The summed E-state index contributed by atoms with van der Waals surface area (Å²) in [6, 6.07) is -0.517. The van der Waals surface area contributed by atoms with Crippen LogP contribution < -0.4 is 5.32 Å². The highest BCUT2D eigenvalue weighted by Gasteiger charge is 2.42. The number of hydrogen-bond acceptors (Lipinski definition) is 3. The molecule has 0 spiro atoms. The lowest BCUT2D eigenvalue weighted by atomic mass is 9.66. The van der Waals surface area contributed by atoms with E-state index in [0.717, 1.165) is 30.1 Å². The number of piperidine rings is 1. The maximum atomic E-state index is 13.4. The van der Waals surface area contributed by atoms with Crippen LogP contribution in [0.4, 0.5) is 0 Å². The van der Waals surface area contributed by atoms with E-state index in [4.69, 9.17) is 11.6 Å². The molecular weight excluding hydrogens is 410 g/mol. The lowest BCUT2D eigenvalue weighted by Gasteiger charge is -2.48. The summed E-state index contributed by atoms with van der Waals surface area (Å²) in [5.74, 6) is 0.564. The molecule has 1 N–H and O–H groups in total. The highest BCUT2D eigenvalue weighted by atomic mass is 35.5. The Morgan fingerprint density at radius 1 is 1.26 bits per heavy atom. The van der Waals surface area contributed by atoms with Gasteiger partial charge in [0.1, 0.15) is 6.04 Å². The Morgan fingerprint density at radius 2 is 2.00 bits per heavy atom. The second kappa shape index (κ2) is 9.72. The summed E-state index contributed by atoms with van der Waals surface area (Å²) in [5.41, 5.74) is 0.918. The van der Waals surface area contributed by atoms with Gasteiger partial charge >= 0.3 is 0 Å². The summed E-state index contributed by atoms with van der Waals surface area (Å²) in [5, 5.41) is 3.83. The summed E-state index contributed by atoms with van der Waals surface area (Å²) >= 11 is 6.10. The molecule has 170 valence electrons. The monoisotopic (exact) mass is 445 g/mol. The summed E-state index contributed by atoms with van der Waals surface area (Å²) in [6.07, 6.45) is 12.0. The SMILES string of the molecule is CC1=NCC(C(=O)N[C@@H](C(=O)N2CC[C@H](C3C=CC(Cl)=CC3)C(C)(C)C2)C(C)C)C=C1. The zero-order valence-corrected chi connectivity index (χ0v) is 20.2. The number of halogens is 1. The Balaban J connectivity index is 1.64. The van der Waals surface area contributed by atoms with Gasteiger partial charge in [-0.2, -0.15) is 0 Å². The van der Waals surface area contributed by atoms with Crippen molar-refractivity contribution in [3.8, 4) is 0 Å². The van der Waals surface area contributed by atoms with Crippen LogP contribution >= 0.6 is 11.6 Å². The van der Waals surface area contributed by atoms with Crippen LogP contribution in [0.5, 0.6) is 0 Å². The van der Waals surface area contributed by atoms with E-state index in [0.29, 0.717) is 24.9 Å². The molecule has 3 aliphatic rings. The predicted octanol–water partition coefficient (Wildman–Crippen LogP) is 4.35. The van der Waals surface area contributed by atoms with Gasteiger partial charge < -0.3 is 10.2 Å². The van der Waals surface area contributed by atoms with Crippen molar-refractivity contribution in [3.05, 3.63) is 35.4 Å². The van der Waals surface area contributed by atoms with E-state index in [1.807, 2.05) is 43.9 Å². The largest absolute Gasteiger partial charge is 0.343 e. The number of nitrogens with zero attached hydrogens (tertiary/aromatic N) is 2. The molecule has 0 aromatic carbocycles. The summed E-state index contributed by atoms with van der Waals surface area (Å²) < 4.78 is 0. The van der Waals surface area contributed by atoms with Crippen LogP contribution in [0.3, 0.4) is 0 Å². The highest BCUT2D eigenvalue weighted by Crippen LogP contribution is 2.43. The minimum atomic E-state index is -0.517. The standard InChI is InChI=1S/C25H36ClN3O2/c1-16(2)22(28-23(30)19-7-6-17(3)27-14-19)24(31)29-13-12-21(25(4,5)15-29)18-8-10-20(26)11-9-18/h6-8,10-11,16,18-19,21-22H,9,12-15H2,1-5H3,(H,28,30)/t18?,19?,21-,22-/m1/s1. The van der Waals surface area contributed by atoms with E-state index in [-0.39, 0.29) is 29.1 Å². The van der Waals surface area contributed by atoms with Crippen molar-refractivity contribution in [3.63, 3.8) is 0 Å². The molecule has 5 nitrogen and oxygen atoms in total. The fourth-order valence-corrected chi connectivity index (χ4v) is 5.18. The molecule has 2 amide bonds. The van der Waals surface area contributed by atoms with Gasteiger partial charge in [0.15, 0.2) is 0 Å². The first-order valence-electron chi connectivity index (χ1n) is 11.4. The van der Waals surface area contributed by atoms with Crippen LogP contribution in [0, 0.1) is 29.1 Å². The molecule has 0 saturated carbocycles. The molecule has 0 radical (unpaired) electrons. The van der Waals surface area contributed by atoms with Crippen molar-refractivity contribution in [2.45, 2.75) is 53.5 Å². The first kappa shape index (κ1) is 23.8. The lowest BCUT2D eigenvalue weighted by molar-refractivity contribution is -0.142. The number of rotatable bonds is 5. The minimum Gasteiger partial charge on any atom is -0.343 e. The number of likely N-dealkylation sites (tertiary alicyclic amines) is 1. The van der Waals surface area contributed by atoms with Crippen molar-refractivity contribution in [1.82, 2.24) is 10.2 Å². The van der Waals surface area contributed by atoms with Crippen LogP contribution in [0.25, 0.3) is 0 Å². The topological polar surface area (TPSA) is 61.8 Å². The molecule has 4 atom stereocenters. The second-order valence-electron chi connectivity index (χ2n) is 10.2. The number of carbonyl (C=O) groups is 2. The average molecular weight is 446 g/mol. The van der Waals surface area contributed by atoms with E-state index in [2.05, 4.69) is 36.3 Å². The molecule has 3 rings (SSSR count). The Bertz CT molecular complexity index is 825. The van der Waals surface area contributed by atoms with Gasteiger partial charge in [0, 0.05) is 23.8 Å². The molecule has 2 heterocycles. The minimum absolute atomic E-state index is 0.00946. The van der Waals surface area contributed by atoms with Gasteiger partial charge in [-0.3, -0.25) is 14.6 Å². The molecular formula is C25H36ClN3O2. The third-order valence-corrected chi connectivity index (χ3v) is 7.18. The number of amides is 2. The van der Waals surface area contributed by atoms with E-state index >= 15 is 0 Å². The summed E-state index contributed by atoms with van der Waals surface area (Å²) in [7, 11) is 0. The zero-order chi connectivity index (χ0) is 22.8. The fourth-order valence-electron chi connectivity index (χ4n) is 5.02. The number of dihydropyridines is 1. The van der Waals surface area contributed by atoms with Gasteiger partial charge in [-0.05, 0) is 55.1 Å². The molecule has 0 bridgehead atoms. The number of carbonyl (C=O) groups excluding carboxylic acids is 2. The molecule has 2 aliphatic heterocycles. The van der Waals surface area contributed by atoms with Crippen molar-refractivity contribution in [1.29, 1.82) is 0 Å². The smallest absolute Gasteiger partial charge is 0.245 e. The molecule has 1 aliphatic carbocycles. The molecule has 0 aromatic rings. The second-order valence-corrected chi connectivity index (χ2v) is 10.6. The molecule has 1 fully saturated rings. The first-order chi connectivity index (χ1) is 14.6. The maximum absolute atomic E-state index is 13.4. The quantitative estimate of drug-likeness (QED) is 0.683. The van der Waals surface area contributed by atoms with Crippen LogP contribution in [0.2, 0.25) is 0 Å². The number of allylic oxidation sites excluding steroid dienone is 5. The van der Waals surface area contributed by atoms with Gasteiger partial charge in [-0.25, -0.2) is 0 Å². The van der Waals surface area contributed by atoms with Crippen LogP contribution in [-0.2, 0) is 9.59 Å². The van der Waals surface area contributed by atoms with Crippen LogP contribution in [0.1, 0.15) is 47.5 Å². The number of nitrogens with one attached hydrogen (secondary N) is 1. The van der Waals surface area contributed by atoms with Crippen LogP contribution in [-0.4, -0.2) is 48.1 Å². The molecule has 31 heavy (non-hydrogen) atoms. The summed E-state index contributed by atoms with van der Waals surface area (Å²) in [4.78, 5) is 32.5. The lowest BCUT2D eigenvalue weighted by Crippen LogP contribution is -2.57. The number of aliphatic imine (C=N–C) groups is 1. The van der Waals surface area contributed by atoms with Gasteiger partial charge in [0.25, 0.3) is 0 Å². The van der Waals surface area contributed by atoms with E-state index in [1.54, 1.807) is 0 Å². The normalized spacial score (nSPS) is 28.7. The van der Waals surface area contributed by atoms with Crippen molar-refractivity contribution in [2.75, 3.05) is 19.6 Å². The highest BCUT2D eigenvalue weighted by molar-refractivity contribution is 6.31. The van der Waals surface area contributed by atoms with Gasteiger partial charge in [-0.1, -0.05) is 57.5 Å². The Kier molecular flexibility index (Phi) is 7.46. The molecule has 6 heteroatoms. The predicted molar refractivity (Wildman–Crippen MR) is 127 cm³/mol. The molecule has 0 aromatic heterocycles. The van der Waals surface area contributed by atoms with Gasteiger partial charge in [0.05, 0.1) is 12.5 Å². The van der Waals surface area contributed by atoms with Crippen molar-refractivity contribution in [2.24, 2.45) is 34.1 Å². The molecule has 1 saturated heterocycles. The van der Waals surface area contributed by atoms with Crippen molar-refractivity contribution < 1.29 is 9.59 Å². The molecule has 2 unspecified atom stereocenters. The fraction of sp³-hybridized carbons (Fsp3) is 0.640. The van der Waals surface area contributed by atoms with E-state index < -0.39 is 6.04 Å². The van der Waals surface area contributed by atoms with Gasteiger partial charge in [0.2, 0.25) is 11.8 Å². The van der Waals surface area contributed by atoms with Gasteiger partial charge in [-0.15, -0.1) is 0 Å². The number of hydrogen-bond donors (Lipinski definition) is 1. The Labute approximate surface area is 191 Å². The zero-order valence-electron chi connectivity index (χ0n) is 19.4. The Hall–Kier alpha value is -1.88. The third kappa shape index (κ3) is 5.68. The van der Waals surface area contributed by atoms with Crippen molar-refractivity contribution >= 4 is 29.1 Å².